The van der Waals surface area contributed by atoms with Crippen LogP contribution < -0.4 is 0 Å². The maximum Gasteiger partial charge on any atom is 0.411 e. The Balaban J connectivity index is 1.89. The minimum Gasteiger partial charge on any atom is -0.396 e. The number of halogens is 3. The molecule has 0 radical (unpaired) electrons. The van der Waals surface area contributed by atoms with E-state index in [0.717, 1.165) is 12.8 Å². The minimum atomic E-state index is -4.31. The van der Waals surface area contributed by atoms with Crippen LogP contribution in [0.4, 0.5) is 13.2 Å². The molecule has 1 saturated heterocycles. The predicted molar refractivity (Wildman–Crippen MR) is 53.5 cm³/mol. The van der Waals surface area contributed by atoms with Crippen LogP contribution in [0.2, 0.25) is 0 Å². The second kappa shape index (κ2) is 4.74. The predicted octanol–water partition coefficient (Wildman–Crippen LogP) is 1.74. The summed E-state index contributed by atoms with van der Waals surface area (Å²) in [5.74, 6) is 0.388. The Bertz CT molecular complexity index is 265. The van der Waals surface area contributed by atoms with Gasteiger partial charge in [-0.25, -0.2) is 0 Å². The molecule has 2 rings (SSSR count). The van der Waals surface area contributed by atoms with E-state index >= 15 is 0 Å². The van der Waals surface area contributed by atoms with Gasteiger partial charge in [-0.3, -0.25) is 0 Å². The summed E-state index contributed by atoms with van der Waals surface area (Å²) in [5, 5.41) is 9.45. The molecule has 6 heteroatoms. The van der Waals surface area contributed by atoms with Gasteiger partial charge < -0.3 is 14.6 Å². The molecule has 1 saturated carbocycles. The molecule has 0 amide bonds. The zero-order valence-electron chi connectivity index (χ0n) is 9.50. The molecule has 0 aromatic carbocycles. The lowest BCUT2D eigenvalue weighted by molar-refractivity contribution is -0.186. The second-order valence-corrected chi connectivity index (χ2v) is 5.01. The quantitative estimate of drug-likeness (QED) is 0.812. The zero-order valence-corrected chi connectivity index (χ0v) is 9.50. The van der Waals surface area contributed by atoms with Crippen LogP contribution in [0.15, 0.2) is 0 Å². The largest absolute Gasteiger partial charge is 0.411 e. The van der Waals surface area contributed by atoms with Crippen LogP contribution in [0.3, 0.4) is 0 Å². The number of ether oxygens (including phenoxy) is 2. The normalized spacial score (nSPS) is 34.2. The summed E-state index contributed by atoms with van der Waals surface area (Å²) in [6, 6.07) is 0. The number of aliphatic hydroxyl groups excluding tert-OH is 1. The van der Waals surface area contributed by atoms with E-state index in [1.807, 2.05) is 0 Å². The molecule has 2 aliphatic rings. The first-order valence-electron chi connectivity index (χ1n) is 5.84. The molecule has 100 valence electrons. The van der Waals surface area contributed by atoms with Crippen molar-refractivity contribution in [2.75, 3.05) is 26.4 Å². The van der Waals surface area contributed by atoms with E-state index in [2.05, 4.69) is 0 Å². The summed E-state index contributed by atoms with van der Waals surface area (Å²) in [7, 11) is 0. The standard InChI is InChI=1S/C11H17F3O3/c12-11(13,14)7-16-6-10(5-15)3-4-17-9(10)8-1-2-8/h8-9,15H,1-7H2. The lowest BCUT2D eigenvalue weighted by Crippen LogP contribution is -2.41. The first-order chi connectivity index (χ1) is 7.97. The number of hydrogen-bond donors (Lipinski definition) is 1. The van der Waals surface area contributed by atoms with E-state index in [0.29, 0.717) is 18.9 Å². The van der Waals surface area contributed by atoms with Crippen molar-refractivity contribution in [3.05, 3.63) is 0 Å². The Morgan fingerprint density at radius 1 is 1.35 bits per heavy atom. The molecule has 2 atom stereocenters. The van der Waals surface area contributed by atoms with Gasteiger partial charge in [0.05, 0.1) is 19.3 Å². The van der Waals surface area contributed by atoms with Crippen molar-refractivity contribution in [2.24, 2.45) is 11.3 Å². The molecule has 2 unspecified atom stereocenters. The molecule has 1 N–H and O–H groups in total. The van der Waals surface area contributed by atoms with Crippen molar-refractivity contribution in [1.29, 1.82) is 0 Å². The van der Waals surface area contributed by atoms with E-state index in [9.17, 15) is 18.3 Å². The van der Waals surface area contributed by atoms with Crippen molar-refractivity contribution in [1.82, 2.24) is 0 Å². The topological polar surface area (TPSA) is 38.7 Å². The van der Waals surface area contributed by atoms with Crippen molar-refractivity contribution in [3.63, 3.8) is 0 Å². The Hall–Kier alpha value is -0.330. The molecule has 1 heterocycles. The average molecular weight is 254 g/mol. The highest BCUT2D eigenvalue weighted by Gasteiger charge is 2.51. The van der Waals surface area contributed by atoms with E-state index in [1.54, 1.807) is 0 Å². The third-order valence-corrected chi connectivity index (χ3v) is 3.52. The van der Waals surface area contributed by atoms with Crippen molar-refractivity contribution < 1.29 is 27.8 Å². The molecule has 1 aliphatic heterocycles. The number of rotatable bonds is 5. The van der Waals surface area contributed by atoms with Gasteiger partial charge in [0.1, 0.15) is 6.61 Å². The summed E-state index contributed by atoms with van der Waals surface area (Å²) in [6.07, 6.45) is -1.81. The molecule has 0 bridgehead atoms. The Morgan fingerprint density at radius 2 is 2.06 bits per heavy atom. The van der Waals surface area contributed by atoms with Crippen LogP contribution >= 0.6 is 0 Å². The fourth-order valence-corrected chi connectivity index (χ4v) is 2.48. The van der Waals surface area contributed by atoms with Crippen molar-refractivity contribution in [2.45, 2.75) is 31.5 Å². The van der Waals surface area contributed by atoms with Gasteiger partial charge in [0.15, 0.2) is 0 Å². The average Bonchev–Trinajstić information content (AvgIpc) is 2.99. The maximum absolute atomic E-state index is 12.0. The summed E-state index contributed by atoms with van der Waals surface area (Å²) < 4.78 is 46.3. The van der Waals surface area contributed by atoms with Crippen LogP contribution in [0.25, 0.3) is 0 Å². The first-order valence-corrected chi connectivity index (χ1v) is 5.84. The number of hydrogen-bond acceptors (Lipinski definition) is 3. The molecule has 0 aromatic rings. The lowest BCUT2D eigenvalue weighted by Gasteiger charge is -2.32. The van der Waals surface area contributed by atoms with Crippen LogP contribution in [0.1, 0.15) is 19.3 Å². The summed E-state index contributed by atoms with van der Waals surface area (Å²) in [6.45, 7) is -1.01. The highest BCUT2D eigenvalue weighted by molar-refractivity contribution is 4.99. The van der Waals surface area contributed by atoms with Gasteiger partial charge in [0, 0.05) is 12.0 Å². The van der Waals surface area contributed by atoms with Crippen molar-refractivity contribution in [3.8, 4) is 0 Å². The summed E-state index contributed by atoms with van der Waals surface area (Å²) in [5.41, 5.74) is -0.633. The zero-order chi connectivity index (χ0) is 12.5. The van der Waals surface area contributed by atoms with Gasteiger partial charge >= 0.3 is 6.18 Å². The van der Waals surface area contributed by atoms with Gasteiger partial charge in [-0.05, 0) is 25.2 Å². The fraction of sp³-hybridized carbons (Fsp3) is 1.00. The van der Waals surface area contributed by atoms with E-state index < -0.39 is 18.2 Å². The van der Waals surface area contributed by atoms with E-state index in [4.69, 9.17) is 9.47 Å². The van der Waals surface area contributed by atoms with Crippen molar-refractivity contribution >= 4 is 0 Å². The molecule has 3 nitrogen and oxygen atoms in total. The SMILES string of the molecule is OCC1(COCC(F)(F)F)CCOC1C1CC1. The Morgan fingerprint density at radius 3 is 2.59 bits per heavy atom. The van der Waals surface area contributed by atoms with Gasteiger partial charge in [-0.15, -0.1) is 0 Å². The van der Waals surface area contributed by atoms with Crippen LogP contribution in [0.5, 0.6) is 0 Å². The number of alkyl halides is 3. The van der Waals surface area contributed by atoms with Crippen LogP contribution in [0, 0.1) is 11.3 Å². The van der Waals surface area contributed by atoms with Gasteiger partial charge in [0.2, 0.25) is 0 Å². The lowest BCUT2D eigenvalue weighted by atomic mass is 9.80. The smallest absolute Gasteiger partial charge is 0.396 e. The maximum atomic E-state index is 12.0. The first kappa shape index (κ1) is 13.1. The molecular formula is C11H17F3O3. The molecule has 0 aromatic heterocycles. The minimum absolute atomic E-state index is 0.0792. The molecule has 17 heavy (non-hydrogen) atoms. The Kier molecular flexibility index (Phi) is 3.66. The Labute approximate surface area is 97.9 Å². The van der Waals surface area contributed by atoms with Crippen LogP contribution in [-0.2, 0) is 9.47 Å². The second-order valence-electron chi connectivity index (χ2n) is 5.01. The molecule has 1 aliphatic carbocycles. The summed E-state index contributed by atoms with van der Waals surface area (Å²) in [4.78, 5) is 0. The monoisotopic (exact) mass is 254 g/mol. The third-order valence-electron chi connectivity index (χ3n) is 3.52. The molecule has 2 fully saturated rings. The van der Waals surface area contributed by atoms with E-state index in [1.165, 1.54) is 0 Å². The van der Waals surface area contributed by atoms with Gasteiger partial charge in [-0.2, -0.15) is 13.2 Å². The molecule has 0 spiro atoms. The van der Waals surface area contributed by atoms with Crippen LogP contribution in [-0.4, -0.2) is 43.8 Å². The third kappa shape index (κ3) is 3.11. The molecular weight excluding hydrogens is 237 g/mol. The fourth-order valence-electron chi connectivity index (χ4n) is 2.48. The highest BCUT2D eigenvalue weighted by Crippen LogP contribution is 2.47. The van der Waals surface area contributed by atoms with E-state index in [-0.39, 0.29) is 19.3 Å². The van der Waals surface area contributed by atoms with Gasteiger partial charge in [-0.1, -0.05) is 0 Å². The number of aliphatic hydroxyl groups is 1. The highest BCUT2D eigenvalue weighted by atomic mass is 19.4. The summed E-state index contributed by atoms with van der Waals surface area (Å²) >= 11 is 0. The van der Waals surface area contributed by atoms with Gasteiger partial charge in [0.25, 0.3) is 0 Å².